The number of esters is 1. The van der Waals surface area contributed by atoms with Crippen molar-refractivity contribution < 1.29 is 31.5 Å². The van der Waals surface area contributed by atoms with Crippen LogP contribution < -0.4 is 0 Å². The molecule has 0 bridgehead atoms. The van der Waals surface area contributed by atoms with Crippen molar-refractivity contribution in [3.8, 4) is 11.1 Å². The predicted molar refractivity (Wildman–Crippen MR) is 72.8 cm³/mol. The summed E-state index contributed by atoms with van der Waals surface area (Å²) in [4.78, 5) is 11.5. The van der Waals surface area contributed by atoms with Crippen molar-refractivity contribution in [1.29, 1.82) is 0 Å². The molecule has 0 unspecified atom stereocenters. The Balaban J connectivity index is 2.58. The minimum atomic E-state index is -4.68. The fraction of sp³-hybridized carbons (Fsp3) is 0.188. The van der Waals surface area contributed by atoms with Crippen LogP contribution >= 0.6 is 0 Å². The molecule has 0 aliphatic heterocycles. The molecule has 0 amide bonds. The average molecular weight is 330 g/mol. The first-order chi connectivity index (χ1) is 10.8. The Bertz CT molecular complexity index is 714. The second-order valence-electron chi connectivity index (χ2n) is 4.58. The van der Waals surface area contributed by atoms with Gasteiger partial charge in [-0.25, -0.2) is 13.6 Å². The summed E-state index contributed by atoms with van der Waals surface area (Å²) in [5, 5.41) is 0. The first-order valence-electron chi connectivity index (χ1n) is 6.58. The molecule has 0 heterocycles. The van der Waals surface area contributed by atoms with Crippen LogP contribution in [0, 0.1) is 11.6 Å². The van der Waals surface area contributed by atoms with Crippen molar-refractivity contribution in [1.82, 2.24) is 0 Å². The highest BCUT2D eigenvalue weighted by Crippen LogP contribution is 2.37. The zero-order chi connectivity index (χ0) is 17.2. The molecule has 0 saturated carbocycles. The molecule has 0 atom stereocenters. The maximum atomic E-state index is 14.0. The molecule has 0 N–H and O–H groups in total. The third kappa shape index (κ3) is 3.49. The maximum absolute atomic E-state index is 14.0. The molecule has 23 heavy (non-hydrogen) atoms. The van der Waals surface area contributed by atoms with Crippen molar-refractivity contribution in [3.63, 3.8) is 0 Å². The summed E-state index contributed by atoms with van der Waals surface area (Å²) in [5.41, 5.74) is -2.66. The molecule has 0 fully saturated rings. The highest BCUT2D eigenvalue weighted by molar-refractivity contribution is 5.91. The lowest BCUT2D eigenvalue weighted by molar-refractivity contribution is -0.137. The molecule has 2 nitrogen and oxygen atoms in total. The van der Waals surface area contributed by atoms with E-state index in [9.17, 15) is 26.7 Å². The zero-order valence-electron chi connectivity index (χ0n) is 11.9. The van der Waals surface area contributed by atoms with Crippen molar-refractivity contribution in [3.05, 3.63) is 59.2 Å². The van der Waals surface area contributed by atoms with Crippen LogP contribution in [0.2, 0.25) is 0 Å². The molecule has 2 aromatic rings. The second-order valence-corrected chi connectivity index (χ2v) is 4.58. The van der Waals surface area contributed by atoms with E-state index in [2.05, 4.69) is 4.74 Å². The first kappa shape index (κ1) is 16.9. The Morgan fingerprint density at radius 3 is 2.17 bits per heavy atom. The van der Waals surface area contributed by atoms with Gasteiger partial charge in [-0.15, -0.1) is 0 Å². The van der Waals surface area contributed by atoms with Gasteiger partial charge in [0.15, 0.2) is 0 Å². The van der Waals surface area contributed by atoms with Crippen LogP contribution in [0.25, 0.3) is 11.1 Å². The maximum Gasteiger partial charge on any atom is 0.417 e. The topological polar surface area (TPSA) is 26.3 Å². The highest BCUT2D eigenvalue weighted by Gasteiger charge is 2.33. The van der Waals surface area contributed by atoms with Gasteiger partial charge < -0.3 is 4.74 Å². The normalized spacial score (nSPS) is 11.4. The molecule has 122 valence electrons. The lowest BCUT2D eigenvalue weighted by Gasteiger charge is -2.14. The molecule has 0 spiro atoms. The molecule has 0 saturated heterocycles. The van der Waals surface area contributed by atoms with Gasteiger partial charge in [-0.05, 0) is 36.2 Å². The van der Waals surface area contributed by atoms with Gasteiger partial charge in [0.25, 0.3) is 0 Å². The smallest absolute Gasteiger partial charge is 0.417 e. The van der Waals surface area contributed by atoms with Crippen LogP contribution in [0.15, 0.2) is 36.4 Å². The van der Waals surface area contributed by atoms with Crippen LogP contribution in [0.3, 0.4) is 0 Å². The van der Waals surface area contributed by atoms with Gasteiger partial charge in [0.2, 0.25) is 0 Å². The summed E-state index contributed by atoms with van der Waals surface area (Å²) in [5.74, 6) is -3.77. The Morgan fingerprint density at radius 1 is 1.09 bits per heavy atom. The van der Waals surface area contributed by atoms with Gasteiger partial charge in [0.05, 0.1) is 12.2 Å². The average Bonchev–Trinajstić information content (AvgIpc) is 2.46. The Kier molecular flexibility index (Phi) is 4.68. The fourth-order valence-electron chi connectivity index (χ4n) is 2.11. The Labute approximate surface area is 128 Å². The van der Waals surface area contributed by atoms with E-state index in [0.717, 1.165) is 12.1 Å². The van der Waals surface area contributed by atoms with E-state index in [-0.39, 0.29) is 17.7 Å². The molecule has 0 aromatic heterocycles. The van der Waals surface area contributed by atoms with E-state index in [0.29, 0.717) is 12.1 Å². The summed E-state index contributed by atoms with van der Waals surface area (Å²) >= 11 is 0. The monoisotopic (exact) mass is 330 g/mol. The third-order valence-corrected chi connectivity index (χ3v) is 3.07. The summed E-state index contributed by atoms with van der Waals surface area (Å²) in [6.45, 7) is 1.37. The number of carbonyl (C=O) groups excluding carboxylic acids is 1. The molecule has 7 heteroatoms. The molecule has 0 aliphatic carbocycles. The van der Waals surface area contributed by atoms with Crippen LogP contribution in [0.4, 0.5) is 22.0 Å². The minimum Gasteiger partial charge on any atom is -0.462 e. The lowest BCUT2D eigenvalue weighted by atomic mass is 9.97. The standard InChI is InChI=1S/C16H11F5O2/c1-2-23-15(22)14-12(17)7-9(8-13(14)18)10-5-3-4-6-11(10)16(19,20)21/h3-8H,2H2,1H3. The van der Waals surface area contributed by atoms with E-state index < -0.39 is 34.9 Å². The van der Waals surface area contributed by atoms with Crippen LogP contribution in [-0.4, -0.2) is 12.6 Å². The predicted octanol–water partition coefficient (Wildman–Crippen LogP) is 4.83. The molecule has 2 aromatic carbocycles. The van der Waals surface area contributed by atoms with Gasteiger partial charge in [0, 0.05) is 0 Å². The largest absolute Gasteiger partial charge is 0.462 e. The highest BCUT2D eigenvalue weighted by atomic mass is 19.4. The quantitative estimate of drug-likeness (QED) is 0.595. The Hall–Kier alpha value is -2.44. The van der Waals surface area contributed by atoms with Crippen molar-refractivity contribution in [2.45, 2.75) is 13.1 Å². The van der Waals surface area contributed by atoms with Crippen LogP contribution in [0.1, 0.15) is 22.8 Å². The van der Waals surface area contributed by atoms with E-state index in [1.54, 1.807) is 0 Å². The number of alkyl halides is 3. The second kappa shape index (κ2) is 6.36. The van der Waals surface area contributed by atoms with E-state index in [1.165, 1.54) is 19.1 Å². The summed E-state index contributed by atoms with van der Waals surface area (Å²) < 4.78 is 71.4. The van der Waals surface area contributed by atoms with Gasteiger partial charge >= 0.3 is 12.1 Å². The third-order valence-electron chi connectivity index (χ3n) is 3.07. The molecular weight excluding hydrogens is 319 g/mol. The van der Waals surface area contributed by atoms with Crippen LogP contribution in [0.5, 0.6) is 0 Å². The molecular formula is C16H11F5O2. The fourth-order valence-corrected chi connectivity index (χ4v) is 2.11. The van der Waals surface area contributed by atoms with Gasteiger partial charge in [0.1, 0.15) is 17.2 Å². The summed E-state index contributed by atoms with van der Waals surface area (Å²) in [6, 6.07) is 5.76. The molecule has 0 aliphatic rings. The SMILES string of the molecule is CCOC(=O)c1c(F)cc(-c2ccccc2C(F)(F)F)cc1F. The van der Waals surface area contributed by atoms with Crippen LogP contribution in [-0.2, 0) is 10.9 Å². The Morgan fingerprint density at radius 2 is 1.65 bits per heavy atom. The summed E-state index contributed by atoms with van der Waals surface area (Å²) in [7, 11) is 0. The summed E-state index contributed by atoms with van der Waals surface area (Å²) in [6.07, 6.45) is -4.68. The number of halogens is 5. The number of hydrogen-bond donors (Lipinski definition) is 0. The van der Waals surface area contributed by atoms with Gasteiger partial charge in [-0.2, -0.15) is 13.2 Å². The molecule has 0 radical (unpaired) electrons. The molecule has 2 rings (SSSR count). The van der Waals surface area contributed by atoms with E-state index in [4.69, 9.17) is 0 Å². The number of benzene rings is 2. The number of carbonyl (C=O) groups is 1. The van der Waals surface area contributed by atoms with Gasteiger partial charge in [-0.3, -0.25) is 0 Å². The minimum absolute atomic E-state index is 0.0869. The lowest BCUT2D eigenvalue weighted by Crippen LogP contribution is -2.11. The first-order valence-corrected chi connectivity index (χ1v) is 6.58. The van der Waals surface area contributed by atoms with Crippen molar-refractivity contribution in [2.24, 2.45) is 0 Å². The van der Waals surface area contributed by atoms with E-state index in [1.807, 2.05) is 0 Å². The van der Waals surface area contributed by atoms with Crippen molar-refractivity contribution >= 4 is 5.97 Å². The number of ether oxygens (including phenoxy) is 1. The van der Waals surface area contributed by atoms with Crippen molar-refractivity contribution in [2.75, 3.05) is 6.61 Å². The number of hydrogen-bond acceptors (Lipinski definition) is 2. The number of rotatable bonds is 3. The zero-order valence-corrected chi connectivity index (χ0v) is 11.9. The van der Waals surface area contributed by atoms with Gasteiger partial charge in [-0.1, -0.05) is 18.2 Å². The van der Waals surface area contributed by atoms with E-state index >= 15 is 0 Å².